The average Bonchev–Trinajstić information content (AvgIpc) is 2.54. The lowest BCUT2D eigenvalue weighted by Gasteiger charge is -2.36. The normalized spacial score (nSPS) is 17.7. The van der Waals surface area contributed by atoms with Crippen molar-refractivity contribution in [2.24, 2.45) is 5.92 Å². The summed E-state index contributed by atoms with van der Waals surface area (Å²) in [4.78, 5) is 16.8. The fraction of sp³-hybridized carbons (Fsp3) is 0.611. The first-order valence-electron chi connectivity index (χ1n) is 8.25. The second-order valence-corrected chi connectivity index (χ2v) is 6.09. The van der Waals surface area contributed by atoms with Crippen LogP contribution in [0.2, 0.25) is 0 Å². The van der Waals surface area contributed by atoms with Crippen LogP contribution in [0.5, 0.6) is 0 Å². The summed E-state index contributed by atoms with van der Waals surface area (Å²) in [6.07, 6.45) is 3.19. The van der Waals surface area contributed by atoms with Gasteiger partial charge < -0.3 is 4.90 Å². The molecule has 1 aromatic carbocycles. The molecule has 0 spiro atoms. The summed E-state index contributed by atoms with van der Waals surface area (Å²) in [6.45, 7) is 9.10. The molecule has 0 bridgehead atoms. The third-order valence-corrected chi connectivity index (χ3v) is 4.39. The van der Waals surface area contributed by atoms with Crippen LogP contribution in [0.4, 0.5) is 0 Å². The highest BCUT2D eigenvalue weighted by Crippen LogP contribution is 2.12. The van der Waals surface area contributed by atoms with Crippen molar-refractivity contribution in [2.45, 2.75) is 33.1 Å². The minimum Gasteiger partial charge on any atom is -0.340 e. The van der Waals surface area contributed by atoms with Gasteiger partial charge in [0.2, 0.25) is 5.91 Å². The standard InChI is InChI=1S/C18H28N2O/c1-3-7-16(2)18(21)20-14-12-19(13-15-20)11-10-17-8-5-4-6-9-17/h4-6,8-9,16H,3,7,10-15H2,1-2H3. The lowest BCUT2D eigenvalue weighted by atomic mass is 10.0. The Labute approximate surface area is 128 Å². The summed E-state index contributed by atoms with van der Waals surface area (Å²) in [6, 6.07) is 10.6. The Hall–Kier alpha value is -1.35. The molecule has 1 atom stereocenters. The zero-order chi connectivity index (χ0) is 15.1. The van der Waals surface area contributed by atoms with Crippen molar-refractivity contribution in [1.29, 1.82) is 0 Å². The molecule has 1 amide bonds. The fourth-order valence-corrected chi connectivity index (χ4v) is 2.99. The lowest BCUT2D eigenvalue weighted by molar-refractivity contribution is -0.137. The van der Waals surface area contributed by atoms with Crippen LogP contribution in [0.25, 0.3) is 0 Å². The van der Waals surface area contributed by atoms with Crippen LogP contribution in [0.1, 0.15) is 32.3 Å². The molecule has 0 radical (unpaired) electrons. The lowest BCUT2D eigenvalue weighted by Crippen LogP contribution is -2.50. The summed E-state index contributed by atoms with van der Waals surface area (Å²) in [5.74, 6) is 0.533. The van der Waals surface area contributed by atoms with Crippen molar-refractivity contribution in [1.82, 2.24) is 9.80 Å². The first-order valence-corrected chi connectivity index (χ1v) is 8.25. The van der Waals surface area contributed by atoms with E-state index in [1.165, 1.54) is 5.56 Å². The van der Waals surface area contributed by atoms with Gasteiger partial charge in [-0.2, -0.15) is 0 Å². The van der Waals surface area contributed by atoms with Crippen LogP contribution >= 0.6 is 0 Å². The largest absolute Gasteiger partial charge is 0.340 e. The molecule has 0 saturated carbocycles. The predicted octanol–water partition coefficient (Wildman–Crippen LogP) is 2.81. The van der Waals surface area contributed by atoms with Crippen LogP contribution in [0, 0.1) is 5.92 Å². The molecule has 0 aromatic heterocycles. The molecule has 0 aliphatic carbocycles. The molecule has 1 aliphatic heterocycles. The van der Waals surface area contributed by atoms with Crippen molar-refractivity contribution in [3.63, 3.8) is 0 Å². The fourth-order valence-electron chi connectivity index (χ4n) is 2.99. The number of carbonyl (C=O) groups is 1. The molecule has 1 unspecified atom stereocenters. The summed E-state index contributed by atoms with van der Waals surface area (Å²) in [7, 11) is 0. The first kappa shape index (κ1) is 16.0. The van der Waals surface area contributed by atoms with E-state index in [1.54, 1.807) is 0 Å². The Kier molecular flexibility index (Phi) is 6.24. The Morgan fingerprint density at radius 1 is 1.14 bits per heavy atom. The van der Waals surface area contributed by atoms with Crippen molar-refractivity contribution in [3.05, 3.63) is 35.9 Å². The smallest absolute Gasteiger partial charge is 0.225 e. The van der Waals surface area contributed by atoms with E-state index >= 15 is 0 Å². The van der Waals surface area contributed by atoms with E-state index in [0.29, 0.717) is 5.91 Å². The van der Waals surface area contributed by atoms with E-state index in [-0.39, 0.29) is 5.92 Å². The topological polar surface area (TPSA) is 23.6 Å². The van der Waals surface area contributed by atoms with Crippen molar-refractivity contribution in [2.75, 3.05) is 32.7 Å². The number of rotatable bonds is 6. The number of hydrogen-bond donors (Lipinski definition) is 0. The van der Waals surface area contributed by atoms with Gasteiger partial charge in [0.05, 0.1) is 0 Å². The van der Waals surface area contributed by atoms with Crippen LogP contribution in [-0.2, 0) is 11.2 Å². The van der Waals surface area contributed by atoms with Crippen molar-refractivity contribution >= 4 is 5.91 Å². The summed E-state index contributed by atoms with van der Waals surface area (Å²) in [5.41, 5.74) is 1.40. The highest BCUT2D eigenvalue weighted by Gasteiger charge is 2.24. The van der Waals surface area contributed by atoms with E-state index in [4.69, 9.17) is 0 Å². The third-order valence-electron chi connectivity index (χ3n) is 4.39. The van der Waals surface area contributed by atoms with Gasteiger partial charge >= 0.3 is 0 Å². The second-order valence-electron chi connectivity index (χ2n) is 6.09. The number of carbonyl (C=O) groups excluding carboxylic acids is 1. The molecular formula is C18H28N2O. The Balaban J connectivity index is 1.72. The molecule has 1 aromatic rings. The maximum absolute atomic E-state index is 12.3. The molecule has 0 N–H and O–H groups in total. The van der Waals surface area contributed by atoms with Crippen LogP contribution in [0.3, 0.4) is 0 Å². The molecule has 1 saturated heterocycles. The third kappa shape index (κ3) is 4.85. The van der Waals surface area contributed by atoms with Crippen molar-refractivity contribution in [3.8, 4) is 0 Å². The van der Waals surface area contributed by atoms with E-state index in [1.807, 2.05) is 0 Å². The second kappa shape index (κ2) is 8.18. The van der Waals surface area contributed by atoms with Gasteiger partial charge in [-0.15, -0.1) is 0 Å². The monoisotopic (exact) mass is 288 g/mol. The summed E-state index contributed by atoms with van der Waals surface area (Å²) >= 11 is 0. The van der Waals surface area contributed by atoms with E-state index < -0.39 is 0 Å². The highest BCUT2D eigenvalue weighted by atomic mass is 16.2. The minimum atomic E-state index is 0.186. The summed E-state index contributed by atoms with van der Waals surface area (Å²) < 4.78 is 0. The van der Waals surface area contributed by atoms with Gasteiger partial charge in [-0.25, -0.2) is 0 Å². The zero-order valence-electron chi connectivity index (χ0n) is 13.4. The average molecular weight is 288 g/mol. The Morgan fingerprint density at radius 2 is 1.81 bits per heavy atom. The molecule has 116 valence electrons. The van der Waals surface area contributed by atoms with Gasteiger partial charge in [0.1, 0.15) is 0 Å². The Morgan fingerprint density at radius 3 is 2.43 bits per heavy atom. The van der Waals surface area contributed by atoms with Gasteiger partial charge in [-0.1, -0.05) is 50.6 Å². The van der Waals surface area contributed by atoms with Crippen LogP contribution in [0.15, 0.2) is 30.3 Å². The number of benzene rings is 1. The number of nitrogens with zero attached hydrogens (tertiary/aromatic N) is 2. The molecule has 1 heterocycles. The predicted molar refractivity (Wildman–Crippen MR) is 87.2 cm³/mol. The summed E-state index contributed by atoms with van der Waals surface area (Å²) in [5, 5.41) is 0. The van der Waals surface area contributed by atoms with E-state index in [2.05, 4.69) is 54.0 Å². The van der Waals surface area contributed by atoms with Gasteiger partial charge in [-0.3, -0.25) is 9.69 Å². The SMILES string of the molecule is CCCC(C)C(=O)N1CCN(CCc2ccccc2)CC1. The molecule has 1 aliphatic rings. The zero-order valence-corrected chi connectivity index (χ0v) is 13.4. The molecule has 3 heteroatoms. The van der Waals surface area contributed by atoms with Gasteiger partial charge in [-0.05, 0) is 18.4 Å². The quantitative estimate of drug-likeness (QED) is 0.803. The van der Waals surface area contributed by atoms with Gasteiger partial charge in [0.25, 0.3) is 0 Å². The Bertz CT molecular complexity index is 424. The molecular weight excluding hydrogens is 260 g/mol. The van der Waals surface area contributed by atoms with E-state index in [9.17, 15) is 4.79 Å². The molecule has 2 rings (SSSR count). The maximum atomic E-state index is 12.3. The van der Waals surface area contributed by atoms with Crippen molar-refractivity contribution < 1.29 is 4.79 Å². The van der Waals surface area contributed by atoms with Gasteiger partial charge in [0.15, 0.2) is 0 Å². The molecule has 3 nitrogen and oxygen atoms in total. The minimum absolute atomic E-state index is 0.186. The van der Waals surface area contributed by atoms with Gasteiger partial charge in [0, 0.05) is 38.6 Å². The number of amides is 1. The van der Waals surface area contributed by atoms with Crippen LogP contribution in [-0.4, -0.2) is 48.4 Å². The van der Waals surface area contributed by atoms with E-state index in [0.717, 1.165) is 52.0 Å². The number of hydrogen-bond acceptors (Lipinski definition) is 2. The number of piperazine rings is 1. The first-order chi connectivity index (χ1) is 10.2. The maximum Gasteiger partial charge on any atom is 0.225 e. The molecule has 1 fully saturated rings. The highest BCUT2D eigenvalue weighted by molar-refractivity contribution is 5.78. The molecule has 21 heavy (non-hydrogen) atoms. The van der Waals surface area contributed by atoms with Crippen LogP contribution < -0.4 is 0 Å².